The van der Waals surface area contributed by atoms with Gasteiger partial charge >= 0.3 is 0 Å². The fraction of sp³-hybridized carbons (Fsp3) is 0.375. The molecule has 0 aromatic rings. The van der Waals surface area contributed by atoms with Gasteiger partial charge in [-0.25, -0.2) is 0 Å². The molecule has 9 heavy (non-hydrogen) atoms. The second kappa shape index (κ2) is 5.29. The molecule has 0 aromatic heterocycles. The Balaban J connectivity index is 3.79. The Morgan fingerprint density at radius 3 is 2.67 bits per heavy atom. The van der Waals surface area contributed by atoms with Gasteiger partial charge in [0.15, 0.2) is 0 Å². The first kappa shape index (κ1) is 8.15. The van der Waals surface area contributed by atoms with Crippen molar-refractivity contribution in [2.24, 2.45) is 0 Å². The minimum Gasteiger partial charge on any atom is -0.303 e. The summed E-state index contributed by atoms with van der Waals surface area (Å²) in [7, 11) is 0. The molecular formula is C8H12O. The molecule has 0 amide bonds. The van der Waals surface area contributed by atoms with E-state index in [2.05, 4.69) is 6.58 Å². The SMILES string of the molecule is C=C/C=C(\CC)CC=O. The van der Waals surface area contributed by atoms with Crippen LogP contribution in [0.3, 0.4) is 0 Å². The lowest BCUT2D eigenvalue weighted by Crippen LogP contribution is -1.80. The first-order chi connectivity index (χ1) is 4.35. The number of hydrogen-bond donors (Lipinski definition) is 0. The van der Waals surface area contributed by atoms with Gasteiger partial charge in [-0.1, -0.05) is 31.2 Å². The Kier molecular flexibility index (Phi) is 4.79. The molecule has 0 saturated heterocycles. The molecule has 0 bridgehead atoms. The van der Waals surface area contributed by atoms with Gasteiger partial charge in [0.25, 0.3) is 0 Å². The number of hydrogen-bond acceptors (Lipinski definition) is 1. The number of aldehydes is 1. The highest BCUT2D eigenvalue weighted by Gasteiger charge is 1.88. The topological polar surface area (TPSA) is 17.1 Å². The van der Waals surface area contributed by atoms with Crippen molar-refractivity contribution in [2.75, 3.05) is 0 Å². The van der Waals surface area contributed by atoms with Gasteiger partial charge < -0.3 is 4.79 Å². The summed E-state index contributed by atoms with van der Waals surface area (Å²) >= 11 is 0. The third kappa shape index (κ3) is 3.71. The zero-order valence-electron chi connectivity index (χ0n) is 5.76. The van der Waals surface area contributed by atoms with Crippen LogP contribution in [-0.4, -0.2) is 6.29 Å². The Morgan fingerprint density at radius 2 is 2.33 bits per heavy atom. The summed E-state index contributed by atoms with van der Waals surface area (Å²) in [5, 5.41) is 0. The quantitative estimate of drug-likeness (QED) is 0.414. The van der Waals surface area contributed by atoms with E-state index in [-0.39, 0.29) is 0 Å². The highest BCUT2D eigenvalue weighted by atomic mass is 16.1. The molecule has 0 rings (SSSR count). The molecule has 0 radical (unpaired) electrons. The van der Waals surface area contributed by atoms with Crippen molar-refractivity contribution < 1.29 is 4.79 Å². The Morgan fingerprint density at radius 1 is 1.67 bits per heavy atom. The zero-order chi connectivity index (χ0) is 7.11. The van der Waals surface area contributed by atoms with Gasteiger partial charge in [0.2, 0.25) is 0 Å². The van der Waals surface area contributed by atoms with Crippen LogP contribution in [0.1, 0.15) is 19.8 Å². The van der Waals surface area contributed by atoms with E-state index in [1.54, 1.807) is 6.08 Å². The number of allylic oxidation sites excluding steroid dienone is 3. The maximum atomic E-state index is 9.97. The van der Waals surface area contributed by atoms with Crippen LogP contribution in [0.4, 0.5) is 0 Å². The Bertz CT molecular complexity index is 123. The van der Waals surface area contributed by atoms with Crippen LogP contribution in [0.5, 0.6) is 0 Å². The second-order valence-corrected chi connectivity index (χ2v) is 1.78. The molecular weight excluding hydrogens is 112 g/mol. The summed E-state index contributed by atoms with van der Waals surface area (Å²) in [5.74, 6) is 0. The van der Waals surface area contributed by atoms with E-state index in [9.17, 15) is 4.79 Å². The minimum atomic E-state index is 0.544. The van der Waals surface area contributed by atoms with E-state index in [1.165, 1.54) is 0 Å². The molecule has 0 saturated carbocycles. The van der Waals surface area contributed by atoms with Gasteiger partial charge in [-0.2, -0.15) is 0 Å². The summed E-state index contributed by atoms with van der Waals surface area (Å²) in [6, 6.07) is 0. The first-order valence-electron chi connectivity index (χ1n) is 3.09. The minimum absolute atomic E-state index is 0.544. The molecule has 0 heterocycles. The monoisotopic (exact) mass is 124 g/mol. The van der Waals surface area contributed by atoms with Crippen molar-refractivity contribution in [1.29, 1.82) is 0 Å². The average molecular weight is 124 g/mol. The van der Waals surface area contributed by atoms with Crippen molar-refractivity contribution in [3.63, 3.8) is 0 Å². The molecule has 0 fully saturated rings. The van der Waals surface area contributed by atoms with Crippen LogP contribution in [0.2, 0.25) is 0 Å². The predicted octanol–water partition coefficient (Wildman–Crippen LogP) is 2.10. The lowest BCUT2D eigenvalue weighted by Gasteiger charge is -1.93. The van der Waals surface area contributed by atoms with Crippen LogP contribution in [0.25, 0.3) is 0 Å². The summed E-state index contributed by atoms with van der Waals surface area (Å²) in [6.07, 6.45) is 5.99. The standard InChI is InChI=1S/C8H12O/c1-3-5-8(4-2)6-7-9/h3,5,7H,1,4,6H2,2H3/b8-5+. The molecule has 0 spiro atoms. The van der Waals surface area contributed by atoms with Crippen LogP contribution in [0.15, 0.2) is 24.3 Å². The fourth-order valence-corrected chi connectivity index (χ4v) is 0.604. The summed E-state index contributed by atoms with van der Waals surface area (Å²) in [5.41, 5.74) is 1.14. The van der Waals surface area contributed by atoms with Crippen molar-refractivity contribution >= 4 is 6.29 Å². The molecule has 0 atom stereocenters. The van der Waals surface area contributed by atoms with Gasteiger partial charge in [-0.3, -0.25) is 0 Å². The van der Waals surface area contributed by atoms with Gasteiger partial charge in [-0.15, -0.1) is 0 Å². The number of carbonyl (C=O) groups is 1. The Hall–Kier alpha value is -0.850. The second-order valence-electron chi connectivity index (χ2n) is 1.78. The van der Waals surface area contributed by atoms with Crippen molar-refractivity contribution in [1.82, 2.24) is 0 Å². The highest BCUT2D eigenvalue weighted by molar-refractivity contribution is 5.54. The van der Waals surface area contributed by atoms with E-state index in [0.29, 0.717) is 6.42 Å². The molecule has 0 aliphatic carbocycles. The molecule has 0 aliphatic heterocycles. The maximum absolute atomic E-state index is 9.97. The van der Waals surface area contributed by atoms with Gasteiger partial charge in [-0.05, 0) is 6.42 Å². The van der Waals surface area contributed by atoms with Crippen molar-refractivity contribution in [3.05, 3.63) is 24.3 Å². The Labute approximate surface area is 56.1 Å². The highest BCUT2D eigenvalue weighted by Crippen LogP contribution is 2.02. The number of rotatable bonds is 4. The van der Waals surface area contributed by atoms with E-state index >= 15 is 0 Å². The smallest absolute Gasteiger partial charge is 0.124 e. The van der Waals surface area contributed by atoms with E-state index < -0.39 is 0 Å². The molecule has 0 N–H and O–H groups in total. The molecule has 0 aliphatic rings. The predicted molar refractivity (Wildman–Crippen MR) is 39.3 cm³/mol. The molecule has 0 aromatic carbocycles. The van der Waals surface area contributed by atoms with E-state index in [0.717, 1.165) is 18.3 Å². The largest absolute Gasteiger partial charge is 0.303 e. The first-order valence-corrected chi connectivity index (χ1v) is 3.09. The van der Waals surface area contributed by atoms with E-state index in [1.807, 2.05) is 13.0 Å². The van der Waals surface area contributed by atoms with Gasteiger partial charge in [0.1, 0.15) is 6.29 Å². The van der Waals surface area contributed by atoms with Gasteiger partial charge in [0.05, 0.1) is 0 Å². The third-order valence-electron chi connectivity index (χ3n) is 1.15. The van der Waals surface area contributed by atoms with Gasteiger partial charge in [0, 0.05) is 6.42 Å². The summed E-state index contributed by atoms with van der Waals surface area (Å²) in [4.78, 5) is 9.97. The summed E-state index contributed by atoms with van der Waals surface area (Å²) < 4.78 is 0. The molecule has 1 nitrogen and oxygen atoms in total. The van der Waals surface area contributed by atoms with Crippen LogP contribution >= 0.6 is 0 Å². The third-order valence-corrected chi connectivity index (χ3v) is 1.15. The zero-order valence-corrected chi connectivity index (χ0v) is 5.76. The molecule has 50 valence electrons. The molecule has 1 heteroatoms. The van der Waals surface area contributed by atoms with Crippen LogP contribution in [0, 0.1) is 0 Å². The fourth-order valence-electron chi connectivity index (χ4n) is 0.604. The lowest BCUT2D eigenvalue weighted by molar-refractivity contribution is -0.107. The van der Waals surface area contributed by atoms with Crippen LogP contribution < -0.4 is 0 Å². The normalized spacial score (nSPS) is 11.0. The van der Waals surface area contributed by atoms with Crippen LogP contribution in [-0.2, 0) is 4.79 Å². The number of carbonyl (C=O) groups excluding carboxylic acids is 1. The molecule has 0 unspecified atom stereocenters. The van der Waals surface area contributed by atoms with Crippen molar-refractivity contribution in [2.45, 2.75) is 19.8 Å². The maximum Gasteiger partial charge on any atom is 0.124 e. The lowest BCUT2D eigenvalue weighted by atomic mass is 10.1. The average Bonchev–Trinajstić information content (AvgIpc) is 1.88. The van der Waals surface area contributed by atoms with Crippen molar-refractivity contribution in [3.8, 4) is 0 Å². The van der Waals surface area contributed by atoms with E-state index in [4.69, 9.17) is 0 Å². The summed E-state index contributed by atoms with van der Waals surface area (Å²) in [6.45, 7) is 5.56.